The minimum atomic E-state index is -3.42. The van der Waals surface area contributed by atoms with Gasteiger partial charge in [-0.3, -0.25) is 0 Å². The van der Waals surface area contributed by atoms with Gasteiger partial charge in [0.15, 0.2) is 5.60 Å². The molecule has 4 nitrogen and oxygen atoms in total. The van der Waals surface area contributed by atoms with E-state index in [2.05, 4.69) is 0 Å². The number of ether oxygens (including phenoxy) is 1. The summed E-state index contributed by atoms with van der Waals surface area (Å²) in [7, 11) is 0. The number of halogens is 1. The van der Waals surface area contributed by atoms with E-state index in [1.54, 1.807) is 13.8 Å². The van der Waals surface area contributed by atoms with Crippen LogP contribution in [-0.2, 0) is 19.2 Å². The number of para-hydroxylation sites is 1. The summed E-state index contributed by atoms with van der Waals surface area (Å²) in [5, 5.41) is 0.643. The average Bonchev–Trinajstić information content (AvgIpc) is 2.80. The van der Waals surface area contributed by atoms with Gasteiger partial charge in [0.1, 0.15) is 5.75 Å². The fourth-order valence-electron chi connectivity index (χ4n) is 3.66. The summed E-state index contributed by atoms with van der Waals surface area (Å²) in [6.07, 6.45) is 2.00. The van der Waals surface area contributed by atoms with Gasteiger partial charge in [0, 0.05) is 26.6 Å². The summed E-state index contributed by atoms with van der Waals surface area (Å²) in [6, 6.07) is 25.3. The Hall–Kier alpha value is -2.01. The second-order valence-corrected chi connectivity index (χ2v) is 11.4. The number of benzene rings is 3. The van der Waals surface area contributed by atoms with Crippen LogP contribution < -0.4 is 4.74 Å². The summed E-state index contributed by atoms with van der Waals surface area (Å²) in [5.74, 6) is 0.691. The molecule has 0 N–H and O–H groups in total. The Kier molecular flexibility index (Phi) is 7.14. The highest BCUT2D eigenvalue weighted by atomic mass is 35.5. The van der Waals surface area contributed by atoms with Crippen LogP contribution in [0.15, 0.2) is 84.9 Å². The van der Waals surface area contributed by atoms with E-state index in [1.165, 1.54) is 0 Å². The first-order chi connectivity index (χ1) is 15.5. The van der Waals surface area contributed by atoms with E-state index >= 15 is 0 Å². The molecule has 0 aliphatic carbocycles. The van der Waals surface area contributed by atoms with Gasteiger partial charge in [-0.1, -0.05) is 72.3 Å². The van der Waals surface area contributed by atoms with E-state index < -0.39 is 12.4 Å². The fourth-order valence-corrected chi connectivity index (χ4v) is 7.45. The Morgan fingerprint density at radius 2 is 1.47 bits per heavy atom. The lowest BCUT2D eigenvalue weighted by Gasteiger charge is -2.38. The smallest absolute Gasteiger partial charge is 0.393 e. The van der Waals surface area contributed by atoms with Gasteiger partial charge < -0.3 is 13.8 Å². The molecule has 0 bridgehead atoms. The van der Waals surface area contributed by atoms with E-state index in [4.69, 9.17) is 25.4 Å². The van der Waals surface area contributed by atoms with Crippen molar-refractivity contribution in [1.82, 2.24) is 0 Å². The molecule has 0 aromatic heterocycles. The van der Waals surface area contributed by atoms with Crippen LogP contribution in [0.1, 0.15) is 30.5 Å². The van der Waals surface area contributed by atoms with Crippen molar-refractivity contribution in [1.29, 1.82) is 0 Å². The van der Waals surface area contributed by atoms with Crippen molar-refractivity contribution in [2.45, 2.75) is 19.4 Å². The highest BCUT2D eigenvalue weighted by molar-refractivity contribution is 8.59. The molecule has 1 aliphatic rings. The third-order valence-corrected chi connectivity index (χ3v) is 9.07. The predicted octanol–water partition coefficient (Wildman–Crippen LogP) is 7.93. The Bertz CT molecular complexity index is 1140. The maximum absolute atomic E-state index is 13.4. The quantitative estimate of drug-likeness (QED) is 0.302. The molecule has 4 rings (SSSR count). The minimum Gasteiger partial charge on any atom is -0.473 e. The highest BCUT2D eigenvalue weighted by Crippen LogP contribution is 2.67. The predicted molar refractivity (Wildman–Crippen MR) is 132 cm³/mol. The van der Waals surface area contributed by atoms with Crippen LogP contribution in [0, 0.1) is 0 Å². The Labute approximate surface area is 197 Å². The topological polar surface area (TPSA) is 44.8 Å². The molecule has 3 aromatic rings. The fraction of sp³-hybridized carbons (Fsp3) is 0.200. The molecule has 0 amide bonds. The highest BCUT2D eigenvalue weighted by Gasteiger charge is 2.41. The zero-order valence-corrected chi connectivity index (χ0v) is 20.3. The molecule has 7 heteroatoms. The zero-order valence-electron chi connectivity index (χ0n) is 17.9. The molecule has 1 atom stereocenters. The number of fused-ring (bicyclic) bond motifs is 1. The maximum Gasteiger partial charge on any atom is 0.393 e. The van der Waals surface area contributed by atoms with Gasteiger partial charge in [-0.15, -0.1) is 0 Å². The lowest BCUT2D eigenvalue weighted by Crippen LogP contribution is -2.35. The first-order valence-electron chi connectivity index (χ1n) is 10.4. The molecule has 0 spiro atoms. The van der Waals surface area contributed by atoms with Crippen molar-refractivity contribution >= 4 is 34.7 Å². The van der Waals surface area contributed by atoms with Crippen LogP contribution in [0.3, 0.4) is 0 Å². The van der Waals surface area contributed by atoms with Crippen LogP contribution in [0.4, 0.5) is 0 Å². The zero-order chi connectivity index (χ0) is 22.6. The number of hydrogen-bond donors (Lipinski definition) is 0. The van der Waals surface area contributed by atoms with Gasteiger partial charge in [-0.05, 0) is 49.5 Å². The second-order valence-electron chi connectivity index (χ2n) is 7.09. The molecule has 166 valence electrons. The van der Waals surface area contributed by atoms with Gasteiger partial charge in [0.25, 0.3) is 0 Å². The molecule has 1 unspecified atom stereocenters. The van der Waals surface area contributed by atoms with Crippen LogP contribution in [0.2, 0.25) is 5.02 Å². The van der Waals surface area contributed by atoms with Crippen LogP contribution in [-0.4, -0.2) is 13.2 Å². The third-order valence-electron chi connectivity index (χ3n) is 5.02. The second kappa shape index (κ2) is 9.86. The average molecular weight is 487 g/mol. The summed E-state index contributed by atoms with van der Waals surface area (Å²) >= 11 is 7.30. The molecule has 0 saturated carbocycles. The van der Waals surface area contributed by atoms with Crippen molar-refractivity contribution in [2.24, 2.45) is 0 Å². The molecule has 0 saturated heterocycles. The van der Waals surface area contributed by atoms with Crippen LogP contribution in [0.25, 0.3) is 4.91 Å². The van der Waals surface area contributed by atoms with Crippen molar-refractivity contribution in [2.75, 3.05) is 13.2 Å². The third kappa shape index (κ3) is 4.68. The van der Waals surface area contributed by atoms with Gasteiger partial charge >= 0.3 is 6.80 Å². The summed E-state index contributed by atoms with van der Waals surface area (Å²) in [6.45, 7) is 0.770. The summed E-state index contributed by atoms with van der Waals surface area (Å²) < 4.78 is 31.3. The van der Waals surface area contributed by atoms with E-state index in [9.17, 15) is 4.57 Å². The normalized spacial score (nSPS) is 17.9. The molecule has 0 fully saturated rings. The molecule has 0 radical (unpaired) electrons. The number of rotatable bonds is 8. The molecule has 3 aromatic carbocycles. The maximum atomic E-state index is 13.4. The lowest BCUT2D eigenvalue weighted by atomic mass is 9.83. The van der Waals surface area contributed by atoms with Crippen molar-refractivity contribution < 1.29 is 18.3 Å². The Morgan fingerprint density at radius 3 is 2.12 bits per heavy atom. The standard InChI is InChI=1S/C25H24ClO4PS/c1-3-28-31(27,29-4-2)32-24-18-25(19-10-6-5-7-11-19,20-14-16-21(26)17-15-20)30-23-13-9-8-12-22(23)24/h5-18H,3-4H2,1-2H3. The van der Waals surface area contributed by atoms with E-state index in [0.717, 1.165) is 33.0 Å². The van der Waals surface area contributed by atoms with E-state index in [-0.39, 0.29) is 13.2 Å². The SMILES string of the molecule is CCOP(=O)(OCC)SC1=CC(c2ccccc2)(c2ccc(Cl)cc2)Oc2ccccc21. The number of hydrogen-bond acceptors (Lipinski definition) is 5. The van der Waals surface area contributed by atoms with E-state index in [0.29, 0.717) is 10.8 Å². The largest absolute Gasteiger partial charge is 0.473 e. The monoisotopic (exact) mass is 486 g/mol. The molecule has 1 aliphatic heterocycles. The first-order valence-corrected chi connectivity index (χ1v) is 13.8. The van der Waals surface area contributed by atoms with Crippen molar-refractivity contribution in [3.8, 4) is 5.75 Å². The molecular weight excluding hydrogens is 463 g/mol. The minimum absolute atomic E-state index is 0.288. The van der Waals surface area contributed by atoms with Crippen molar-refractivity contribution in [3.05, 3.63) is 107 Å². The Morgan fingerprint density at radius 1 is 0.875 bits per heavy atom. The van der Waals surface area contributed by atoms with Crippen molar-refractivity contribution in [3.63, 3.8) is 0 Å². The first kappa shape index (κ1) is 23.2. The summed E-state index contributed by atoms with van der Waals surface area (Å²) in [5.41, 5.74) is 1.75. The van der Waals surface area contributed by atoms with Crippen LogP contribution in [0.5, 0.6) is 5.75 Å². The molecule has 32 heavy (non-hydrogen) atoms. The summed E-state index contributed by atoms with van der Waals surface area (Å²) in [4.78, 5) is 0.774. The van der Waals surface area contributed by atoms with Gasteiger partial charge in [0.05, 0.1) is 13.2 Å². The Balaban J connectivity index is 1.93. The molecular formula is C25H24ClO4PS. The van der Waals surface area contributed by atoms with Crippen LogP contribution >= 0.6 is 29.8 Å². The van der Waals surface area contributed by atoms with E-state index in [1.807, 2.05) is 84.9 Å². The van der Waals surface area contributed by atoms with Gasteiger partial charge in [0.2, 0.25) is 0 Å². The molecule has 1 heterocycles. The van der Waals surface area contributed by atoms with Gasteiger partial charge in [-0.25, -0.2) is 4.57 Å². The van der Waals surface area contributed by atoms with Gasteiger partial charge in [-0.2, -0.15) is 0 Å². The lowest BCUT2D eigenvalue weighted by molar-refractivity contribution is 0.160.